The maximum Gasteiger partial charge on any atom is 0.435 e. The lowest BCUT2D eigenvalue weighted by Crippen LogP contribution is -2.09. The quantitative estimate of drug-likeness (QED) is 0.752. The molecule has 0 aliphatic carbocycles. The standard InChI is InChI=1S/C10H8ClF3N4/c1-5-8(11)15-6(2)16-9(5)18-4-3-7(17-18)10(12,13)14/h3-4H,1-2H3. The number of hydrogen-bond acceptors (Lipinski definition) is 3. The van der Waals surface area contributed by atoms with Crippen molar-refractivity contribution in [2.45, 2.75) is 20.0 Å². The molecule has 8 heteroatoms. The van der Waals surface area contributed by atoms with Crippen LogP contribution < -0.4 is 0 Å². The Kier molecular flexibility index (Phi) is 3.02. The number of aromatic nitrogens is 4. The van der Waals surface area contributed by atoms with Crippen molar-refractivity contribution in [2.75, 3.05) is 0 Å². The minimum absolute atomic E-state index is 0.196. The van der Waals surface area contributed by atoms with Crippen molar-refractivity contribution < 1.29 is 13.2 Å². The summed E-state index contributed by atoms with van der Waals surface area (Å²) in [4.78, 5) is 7.94. The van der Waals surface area contributed by atoms with Gasteiger partial charge in [0.1, 0.15) is 11.0 Å². The van der Waals surface area contributed by atoms with Crippen LogP contribution in [0.2, 0.25) is 5.15 Å². The van der Waals surface area contributed by atoms with E-state index in [1.807, 2.05) is 0 Å². The summed E-state index contributed by atoms with van der Waals surface area (Å²) in [6, 6.07) is 0.880. The summed E-state index contributed by atoms with van der Waals surface area (Å²) in [5.74, 6) is 0.604. The van der Waals surface area contributed by atoms with Crippen LogP contribution in [0.15, 0.2) is 12.3 Å². The first kappa shape index (κ1) is 12.8. The highest BCUT2D eigenvalue weighted by Crippen LogP contribution is 2.28. The lowest BCUT2D eigenvalue weighted by molar-refractivity contribution is -0.141. The molecule has 0 radical (unpaired) electrons. The monoisotopic (exact) mass is 276 g/mol. The first-order valence-electron chi connectivity index (χ1n) is 4.93. The highest BCUT2D eigenvalue weighted by molar-refractivity contribution is 6.30. The molecule has 0 aliphatic heterocycles. The minimum Gasteiger partial charge on any atom is -0.222 e. The first-order chi connectivity index (χ1) is 8.29. The third kappa shape index (κ3) is 2.31. The maximum atomic E-state index is 12.4. The van der Waals surface area contributed by atoms with Gasteiger partial charge in [0, 0.05) is 11.8 Å². The average Bonchev–Trinajstić information content (AvgIpc) is 2.71. The largest absolute Gasteiger partial charge is 0.435 e. The Morgan fingerprint density at radius 1 is 1.22 bits per heavy atom. The Bertz CT molecular complexity index is 591. The number of aryl methyl sites for hydroxylation is 1. The third-order valence-corrected chi connectivity index (χ3v) is 2.64. The van der Waals surface area contributed by atoms with Gasteiger partial charge in [-0.05, 0) is 19.9 Å². The zero-order valence-electron chi connectivity index (χ0n) is 9.46. The van der Waals surface area contributed by atoms with Gasteiger partial charge in [0.2, 0.25) is 0 Å². The molecule has 0 atom stereocenters. The molecule has 0 saturated heterocycles. The van der Waals surface area contributed by atoms with Crippen LogP contribution in [0.5, 0.6) is 0 Å². The molecule has 0 amide bonds. The van der Waals surface area contributed by atoms with E-state index in [1.54, 1.807) is 13.8 Å². The van der Waals surface area contributed by atoms with Crippen LogP contribution in [0.25, 0.3) is 5.82 Å². The number of alkyl halides is 3. The molecule has 0 saturated carbocycles. The Hall–Kier alpha value is -1.63. The Balaban J connectivity index is 2.53. The molecule has 0 unspecified atom stereocenters. The van der Waals surface area contributed by atoms with Crippen molar-refractivity contribution in [1.29, 1.82) is 0 Å². The van der Waals surface area contributed by atoms with Crippen LogP contribution in [0.4, 0.5) is 13.2 Å². The normalized spacial score (nSPS) is 11.9. The van der Waals surface area contributed by atoms with Gasteiger partial charge in [-0.25, -0.2) is 14.6 Å². The number of hydrogen-bond donors (Lipinski definition) is 0. The average molecular weight is 277 g/mol. The summed E-state index contributed by atoms with van der Waals surface area (Å²) in [6.45, 7) is 3.22. The number of rotatable bonds is 1. The van der Waals surface area contributed by atoms with Gasteiger partial charge in [-0.15, -0.1) is 0 Å². The topological polar surface area (TPSA) is 43.6 Å². The summed E-state index contributed by atoms with van der Waals surface area (Å²) >= 11 is 5.85. The Morgan fingerprint density at radius 3 is 2.44 bits per heavy atom. The summed E-state index contributed by atoms with van der Waals surface area (Å²) in [5, 5.41) is 3.63. The van der Waals surface area contributed by atoms with E-state index >= 15 is 0 Å². The molecule has 18 heavy (non-hydrogen) atoms. The van der Waals surface area contributed by atoms with E-state index in [-0.39, 0.29) is 11.0 Å². The van der Waals surface area contributed by atoms with Crippen LogP contribution in [0, 0.1) is 13.8 Å². The van der Waals surface area contributed by atoms with Gasteiger partial charge in [0.05, 0.1) is 0 Å². The van der Waals surface area contributed by atoms with Crippen LogP contribution >= 0.6 is 11.6 Å². The van der Waals surface area contributed by atoms with Crippen molar-refractivity contribution in [3.63, 3.8) is 0 Å². The van der Waals surface area contributed by atoms with Crippen molar-refractivity contribution in [3.8, 4) is 5.82 Å². The van der Waals surface area contributed by atoms with E-state index in [2.05, 4.69) is 15.1 Å². The van der Waals surface area contributed by atoms with Crippen LogP contribution in [-0.2, 0) is 6.18 Å². The van der Waals surface area contributed by atoms with Gasteiger partial charge >= 0.3 is 6.18 Å². The van der Waals surface area contributed by atoms with Crippen molar-refractivity contribution in [3.05, 3.63) is 34.5 Å². The molecule has 0 aliphatic rings. The number of nitrogens with zero attached hydrogens (tertiary/aromatic N) is 4. The summed E-state index contributed by atoms with van der Waals surface area (Å²) in [6.07, 6.45) is -3.29. The van der Waals surface area contributed by atoms with Gasteiger partial charge in [0.25, 0.3) is 0 Å². The summed E-state index contributed by atoms with van der Waals surface area (Å²) in [5.41, 5.74) is -0.506. The maximum absolute atomic E-state index is 12.4. The SMILES string of the molecule is Cc1nc(Cl)c(C)c(-n2ccc(C(F)(F)F)n2)n1. The molecular weight excluding hydrogens is 269 g/mol. The third-order valence-electron chi connectivity index (χ3n) is 2.27. The molecule has 0 spiro atoms. The zero-order valence-corrected chi connectivity index (χ0v) is 10.2. The van der Waals surface area contributed by atoms with Crippen molar-refractivity contribution in [1.82, 2.24) is 19.7 Å². The van der Waals surface area contributed by atoms with E-state index in [0.29, 0.717) is 11.4 Å². The highest BCUT2D eigenvalue weighted by Gasteiger charge is 2.33. The predicted octanol–water partition coefficient (Wildman–Crippen LogP) is 2.95. The van der Waals surface area contributed by atoms with Gasteiger partial charge in [0.15, 0.2) is 11.5 Å². The molecule has 2 heterocycles. The molecule has 0 aromatic carbocycles. The molecular formula is C10H8ClF3N4. The zero-order chi connectivity index (χ0) is 13.5. The van der Waals surface area contributed by atoms with E-state index in [9.17, 15) is 13.2 Å². The smallest absolute Gasteiger partial charge is 0.222 e. The van der Waals surface area contributed by atoms with Gasteiger partial charge in [-0.2, -0.15) is 18.3 Å². The second-order valence-corrected chi connectivity index (χ2v) is 4.01. The molecule has 2 aromatic heterocycles. The molecule has 0 bridgehead atoms. The summed E-state index contributed by atoms with van der Waals surface area (Å²) < 4.78 is 38.4. The van der Waals surface area contributed by atoms with Crippen LogP contribution in [0.1, 0.15) is 17.1 Å². The van der Waals surface area contributed by atoms with Gasteiger partial charge in [-0.3, -0.25) is 0 Å². The van der Waals surface area contributed by atoms with Gasteiger partial charge < -0.3 is 0 Å². The van der Waals surface area contributed by atoms with E-state index in [4.69, 9.17) is 11.6 Å². The van der Waals surface area contributed by atoms with E-state index in [1.165, 1.54) is 6.20 Å². The fraction of sp³-hybridized carbons (Fsp3) is 0.300. The number of halogens is 4. The molecule has 2 rings (SSSR count). The second kappa shape index (κ2) is 4.24. The Morgan fingerprint density at radius 2 is 1.89 bits per heavy atom. The van der Waals surface area contributed by atoms with E-state index in [0.717, 1.165) is 10.7 Å². The van der Waals surface area contributed by atoms with Crippen LogP contribution in [0.3, 0.4) is 0 Å². The molecule has 96 valence electrons. The fourth-order valence-electron chi connectivity index (χ4n) is 1.40. The second-order valence-electron chi connectivity index (χ2n) is 3.65. The molecule has 0 fully saturated rings. The molecule has 2 aromatic rings. The van der Waals surface area contributed by atoms with Crippen LogP contribution in [-0.4, -0.2) is 19.7 Å². The van der Waals surface area contributed by atoms with Crippen molar-refractivity contribution in [2.24, 2.45) is 0 Å². The molecule has 0 N–H and O–H groups in total. The minimum atomic E-state index is -4.48. The van der Waals surface area contributed by atoms with Crippen molar-refractivity contribution >= 4 is 11.6 Å². The predicted molar refractivity (Wildman–Crippen MR) is 58.6 cm³/mol. The Labute approximate surface area is 105 Å². The van der Waals surface area contributed by atoms with E-state index < -0.39 is 11.9 Å². The molecule has 4 nitrogen and oxygen atoms in total. The fourth-order valence-corrected chi connectivity index (χ4v) is 1.60. The summed E-state index contributed by atoms with van der Waals surface area (Å²) in [7, 11) is 0. The lowest BCUT2D eigenvalue weighted by Gasteiger charge is -2.07. The first-order valence-corrected chi connectivity index (χ1v) is 5.31. The highest BCUT2D eigenvalue weighted by atomic mass is 35.5. The lowest BCUT2D eigenvalue weighted by atomic mass is 10.3. The van der Waals surface area contributed by atoms with Gasteiger partial charge in [-0.1, -0.05) is 11.6 Å².